The molecule has 0 aliphatic rings. The van der Waals surface area contributed by atoms with Crippen molar-refractivity contribution in [3.63, 3.8) is 0 Å². The molecule has 1 rings (SSSR count). The van der Waals surface area contributed by atoms with Crippen LogP contribution in [0.25, 0.3) is 0 Å². The van der Waals surface area contributed by atoms with Gasteiger partial charge in [-0.25, -0.2) is 0 Å². The second-order valence-electron chi connectivity index (χ2n) is 2.26. The van der Waals surface area contributed by atoms with Gasteiger partial charge in [0, 0.05) is 10.5 Å². The Hall–Kier alpha value is -1.29. The van der Waals surface area contributed by atoms with Crippen molar-refractivity contribution in [2.75, 3.05) is 0 Å². The molecule has 12 heavy (non-hydrogen) atoms. The molecule has 0 bridgehead atoms. The number of benzene rings is 1. The molecule has 0 aliphatic heterocycles. The summed E-state index contributed by atoms with van der Waals surface area (Å²) >= 11 is 4.08. The van der Waals surface area contributed by atoms with Gasteiger partial charge in [0.25, 0.3) is 5.91 Å². The van der Waals surface area contributed by atoms with Crippen LogP contribution in [0.1, 0.15) is 5.56 Å². The molecular weight excluding hydrogens is 172 g/mol. The van der Waals surface area contributed by atoms with Crippen LogP contribution < -0.4 is 5.73 Å². The molecule has 4 heteroatoms. The monoisotopic (exact) mass is 180 g/mol. The zero-order chi connectivity index (χ0) is 9.14. The summed E-state index contributed by atoms with van der Waals surface area (Å²) in [5, 5.41) is 7.30. The van der Waals surface area contributed by atoms with E-state index in [1.54, 1.807) is 24.3 Å². The first-order chi connectivity index (χ1) is 5.63. The van der Waals surface area contributed by atoms with Crippen molar-refractivity contribution in [1.82, 2.24) is 0 Å². The maximum Gasteiger partial charge on any atom is 0.267 e. The molecule has 0 atom stereocenters. The Morgan fingerprint density at radius 3 is 2.50 bits per heavy atom. The average molecular weight is 180 g/mol. The Labute approximate surface area is 75.5 Å². The van der Waals surface area contributed by atoms with Crippen LogP contribution >= 0.6 is 12.6 Å². The molecule has 0 aromatic heterocycles. The highest BCUT2D eigenvalue weighted by atomic mass is 32.1. The lowest BCUT2D eigenvalue weighted by molar-refractivity contribution is -0.112. The van der Waals surface area contributed by atoms with Crippen molar-refractivity contribution in [3.8, 4) is 0 Å². The van der Waals surface area contributed by atoms with Gasteiger partial charge in [0.1, 0.15) is 5.71 Å². The number of primary amides is 1. The number of nitrogens with one attached hydrogen (secondary N) is 1. The van der Waals surface area contributed by atoms with E-state index < -0.39 is 5.91 Å². The lowest BCUT2D eigenvalue weighted by Gasteiger charge is -2.01. The fourth-order valence-electron chi connectivity index (χ4n) is 0.818. The van der Waals surface area contributed by atoms with Gasteiger partial charge in [-0.05, 0) is 6.07 Å². The van der Waals surface area contributed by atoms with Gasteiger partial charge in [0.2, 0.25) is 0 Å². The molecule has 0 fully saturated rings. The quantitative estimate of drug-likeness (QED) is 0.458. The molecule has 0 spiro atoms. The van der Waals surface area contributed by atoms with E-state index in [0.717, 1.165) is 0 Å². The topological polar surface area (TPSA) is 66.9 Å². The fraction of sp³-hybridized carbons (Fsp3) is 0. The molecule has 1 aromatic carbocycles. The first kappa shape index (κ1) is 8.80. The van der Waals surface area contributed by atoms with Gasteiger partial charge in [0.05, 0.1) is 0 Å². The van der Waals surface area contributed by atoms with Crippen molar-refractivity contribution >= 4 is 24.2 Å². The molecular formula is C8H8N2OS. The van der Waals surface area contributed by atoms with Gasteiger partial charge in [-0.1, -0.05) is 18.2 Å². The molecule has 0 radical (unpaired) electrons. The molecule has 0 saturated heterocycles. The zero-order valence-corrected chi connectivity index (χ0v) is 7.14. The van der Waals surface area contributed by atoms with Crippen LogP contribution in [0.2, 0.25) is 0 Å². The average Bonchev–Trinajstić information content (AvgIpc) is 2.04. The number of rotatable bonds is 2. The number of carbonyl (C=O) groups excluding carboxylic acids is 1. The Balaban J connectivity index is 3.11. The Bertz CT molecular complexity index is 336. The predicted molar refractivity (Wildman–Crippen MR) is 49.7 cm³/mol. The van der Waals surface area contributed by atoms with E-state index in [-0.39, 0.29) is 5.71 Å². The Morgan fingerprint density at radius 1 is 1.42 bits per heavy atom. The molecule has 62 valence electrons. The summed E-state index contributed by atoms with van der Waals surface area (Å²) in [5.41, 5.74) is 5.20. The van der Waals surface area contributed by atoms with E-state index in [9.17, 15) is 4.79 Å². The lowest BCUT2D eigenvalue weighted by Crippen LogP contribution is -2.23. The van der Waals surface area contributed by atoms with Crippen molar-refractivity contribution in [2.45, 2.75) is 4.90 Å². The SMILES string of the molecule is N=C(C(N)=O)c1ccccc1S. The first-order valence-corrected chi connectivity index (χ1v) is 3.74. The molecule has 1 amide bonds. The van der Waals surface area contributed by atoms with Crippen LogP contribution in [-0.4, -0.2) is 11.6 Å². The van der Waals surface area contributed by atoms with Crippen LogP contribution in [0, 0.1) is 5.41 Å². The molecule has 0 heterocycles. The van der Waals surface area contributed by atoms with Crippen LogP contribution in [0.3, 0.4) is 0 Å². The molecule has 1 aromatic rings. The minimum atomic E-state index is -0.739. The summed E-state index contributed by atoms with van der Waals surface area (Å²) in [6.45, 7) is 0. The summed E-state index contributed by atoms with van der Waals surface area (Å²) in [6, 6.07) is 6.85. The Kier molecular flexibility index (Phi) is 2.50. The van der Waals surface area contributed by atoms with Gasteiger partial charge < -0.3 is 5.73 Å². The molecule has 3 N–H and O–H groups in total. The molecule has 0 saturated carbocycles. The maximum absolute atomic E-state index is 10.6. The third-order valence-electron chi connectivity index (χ3n) is 1.42. The van der Waals surface area contributed by atoms with Crippen LogP contribution in [-0.2, 0) is 4.79 Å². The summed E-state index contributed by atoms with van der Waals surface area (Å²) in [4.78, 5) is 11.2. The maximum atomic E-state index is 10.6. The van der Waals surface area contributed by atoms with Gasteiger partial charge in [-0.3, -0.25) is 10.2 Å². The highest BCUT2D eigenvalue weighted by Gasteiger charge is 2.09. The minimum absolute atomic E-state index is 0.208. The number of nitrogens with two attached hydrogens (primary N) is 1. The van der Waals surface area contributed by atoms with E-state index in [4.69, 9.17) is 11.1 Å². The van der Waals surface area contributed by atoms with Gasteiger partial charge in [-0.2, -0.15) is 0 Å². The van der Waals surface area contributed by atoms with Crippen molar-refractivity contribution in [1.29, 1.82) is 5.41 Å². The van der Waals surface area contributed by atoms with Crippen molar-refractivity contribution in [3.05, 3.63) is 29.8 Å². The number of carbonyl (C=O) groups is 1. The standard InChI is InChI=1S/C8H8N2OS/c9-7(8(10)11)5-3-1-2-4-6(5)12/h1-4,9,12H,(H2,10,11). The predicted octanol–water partition coefficient (Wildman–Crippen LogP) is 0.828. The van der Waals surface area contributed by atoms with Crippen molar-refractivity contribution < 1.29 is 4.79 Å². The van der Waals surface area contributed by atoms with E-state index in [2.05, 4.69) is 12.6 Å². The lowest BCUT2D eigenvalue weighted by atomic mass is 10.1. The molecule has 0 aliphatic carbocycles. The Morgan fingerprint density at radius 2 is 2.00 bits per heavy atom. The molecule has 0 unspecified atom stereocenters. The summed E-state index contributed by atoms with van der Waals surface area (Å²) < 4.78 is 0. The van der Waals surface area contributed by atoms with E-state index >= 15 is 0 Å². The number of hydrogen-bond acceptors (Lipinski definition) is 3. The van der Waals surface area contributed by atoms with Crippen LogP contribution in [0.5, 0.6) is 0 Å². The van der Waals surface area contributed by atoms with Gasteiger partial charge in [-0.15, -0.1) is 12.6 Å². The number of hydrogen-bond donors (Lipinski definition) is 3. The first-order valence-electron chi connectivity index (χ1n) is 3.29. The zero-order valence-electron chi connectivity index (χ0n) is 6.24. The third kappa shape index (κ3) is 1.65. The number of thiol groups is 1. The summed E-state index contributed by atoms with van der Waals surface area (Å²) in [6.07, 6.45) is 0. The highest BCUT2D eigenvalue weighted by Crippen LogP contribution is 2.12. The normalized spacial score (nSPS) is 9.42. The van der Waals surface area contributed by atoms with Gasteiger partial charge >= 0.3 is 0 Å². The summed E-state index contributed by atoms with van der Waals surface area (Å²) in [7, 11) is 0. The van der Waals surface area contributed by atoms with Crippen molar-refractivity contribution in [2.24, 2.45) is 5.73 Å². The summed E-state index contributed by atoms with van der Waals surface area (Å²) in [5.74, 6) is -0.739. The van der Waals surface area contributed by atoms with Crippen LogP contribution in [0.4, 0.5) is 0 Å². The fourth-order valence-corrected chi connectivity index (χ4v) is 1.09. The second kappa shape index (κ2) is 3.40. The van der Waals surface area contributed by atoms with E-state index in [1.165, 1.54) is 0 Å². The minimum Gasteiger partial charge on any atom is -0.364 e. The second-order valence-corrected chi connectivity index (χ2v) is 2.74. The van der Waals surface area contributed by atoms with E-state index in [0.29, 0.717) is 10.5 Å². The largest absolute Gasteiger partial charge is 0.364 e. The van der Waals surface area contributed by atoms with E-state index in [1.807, 2.05) is 0 Å². The smallest absolute Gasteiger partial charge is 0.267 e. The molecule has 3 nitrogen and oxygen atoms in total. The number of amides is 1. The highest BCUT2D eigenvalue weighted by molar-refractivity contribution is 7.80. The van der Waals surface area contributed by atoms with Gasteiger partial charge in [0.15, 0.2) is 0 Å². The third-order valence-corrected chi connectivity index (χ3v) is 1.81. The van der Waals surface area contributed by atoms with Crippen LogP contribution in [0.15, 0.2) is 29.2 Å².